The summed E-state index contributed by atoms with van der Waals surface area (Å²) in [6, 6.07) is 0. The van der Waals surface area contributed by atoms with Gasteiger partial charge in [0.15, 0.2) is 0 Å². The van der Waals surface area contributed by atoms with E-state index in [2.05, 4.69) is 20.9 Å². The van der Waals surface area contributed by atoms with E-state index < -0.39 is 0 Å². The fourth-order valence-corrected chi connectivity index (χ4v) is 2.89. The summed E-state index contributed by atoms with van der Waals surface area (Å²) in [5.74, 6) is 2.61. The fraction of sp³-hybridized carbons (Fsp3) is 1.00. The summed E-state index contributed by atoms with van der Waals surface area (Å²) in [7, 11) is 0. The fourth-order valence-electron chi connectivity index (χ4n) is 2.11. The van der Waals surface area contributed by atoms with Crippen LogP contribution in [0.5, 0.6) is 0 Å². The van der Waals surface area contributed by atoms with Crippen molar-refractivity contribution in [3.63, 3.8) is 0 Å². The molecule has 0 saturated carbocycles. The third-order valence-electron chi connectivity index (χ3n) is 3.32. The number of aliphatic hydroxyl groups is 1. The molecule has 7 heteroatoms. The standard InChI is InChI=1S/C6H14N2O.C4H9NO.C4H9NS/c9-6-5-8-3-1-7-2-4-8;2*1-3-6-4-2-5-1/h7,9H,1-6H2;2*5H,1-4H2. The van der Waals surface area contributed by atoms with Crippen LogP contribution in [0.15, 0.2) is 0 Å². The maximum atomic E-state index is 8.56. The van der Waals surface area contributed by atoms with E-state index in [0.717, 1.165) is 59.0 Å². The first-order valence-electron chi connectivity index (χ1n) is 8.04. The summed E-state index contributed by atoms with van der Waals surface area (Å²) in [5.41, 5.74) is 0. The Hall–Kier alpha value is 0.110. The van der Waals surface area contributed by atoms with Gasteiger partial charge in [0.1, 0.15) is 0 Å². The molecule has 0 aromatic carbocycles. The second-order valence-electron chi connectivity index (χ2n) is 5.04. The molecule has 3 fully saturated rings. The molecule has 4 N–H and O–H groups in total. The van der Waals surface area contributed by atoms with Crippen LogP contribution in [-0.4, -0.2) is 100 Å². The predicted molar refractivity (Wildman–Crippen MR) is 90.3 cm³/mol. The van der Waals surface area contributed by atoms with Crippen molar-refractivity contribution in [3.05, 3.63) is 0 Å². The number of thioether (sulfide) groups is 1. The molecule has 21 heavy (non-hydrogen) atoms. The quantitative estimate of drug-likeness (QED) is 0.510. The van der Waals surface area contributed by atoms with Crippen LogP contribution in [0, 0.1) is 0 Å². The minimum Gasteiger partial charge on any atom is -0.395 e. The summed E-state index contributed by atoms with van der Waals surface area (Å²) in [4.78, 5) is 2.26. The molecule has 3 aliphatic rings. The first-order valence-corrected chi connectivity index (χ1v) is 9.20. The van der Waals surface area contributed by atoms with Crippen molar-refractivity contribution in [1.29, 1.82) is 0 Å². The molecule has 3 aliphatic heterocycles. The average Bonchev–Trinajstić information content (AvgIpc) is 2.60. The van der Waals surface area contributed by atoms with Gasteiger partial charge in [-0.1, -0.05) is 0 Å². The molecule has 126 valence electrons. The van der Waals surface area contributed by atoms with Crippen LogP contribution in [0.2, 0.25) is 0 Å². The van der Waals surface area contributed by atoms with Crippen LogP contribution in [0.4, 0.5) is 0 Å². The number of β-amino-alcohol motifs (C(OH)–C–C–N with tert-alkyl or cyclic N) is 1. The van der Waals surface area contributed by atoms with Crippen molar-refractivity contribution in [2.24, 2.45) is 0 Å². The van der Waals surface area contributed by atoms with Gasteiger partial charge < -0.3 is 25.8 Å². The van der Waals surface area contributed by atoms with E-state index in [9.17, 15) is 0 Å². The molecule has 0 aromatic rings. The number of hydrogen-bond donors (Lipinski definition) is 4. The highest BCUT2D eigenvalue weighted by Crippen LogP contribution is 1.99. The van der Waals surface area contributed by atoms with Gasteiger partial charge in [-0.3, -0.25) is 4.90 Å². The topological polar surface area (TPSA) is 68.8 Å². The normalized spacial score (nSPS) is 23.3. The van der Waals surface area contributed by atoms with Gasteiger partial charge in [0, 0.05) is 70.4 Å². The van der Waals surface area contributed by atoms with E-state index in [1.165, 1.54) is 24.6 Å². The Morgan fingerprint density at radius 1 is 0.857 bits per heavy atom. The molecule has 3 heterocycles. The zero-order valence-corrected chi connectivity index (χ0v) is 13.9. The number of aliphatic hydroxyl groups excluding tert-OH is 1. The summed E-state index contributed by atoms with van der Waals surface area (Å²) in [5, 5.41) is 18.2. The zero-order chi connectivity index (χ0) is 15.0. The van der Waals surface area contributed by atoms with Gasteiger partial charge in [0.25, 0.3) is 0 Å². The largest absolute Gasteiger partial charge is 0.395 e. The maximum absolute atomic E-state index is 8.56. The summed E-state index contributed by atoms with van der Waals surface area (Å²) < 4.78 is 5.01. The lowest BCUT2D eigenvalue weighted by molar-refractivity contribution is 0.109. The van der Waals surface area contributed by atoms with Crippen LogP contribution in [0.1, 0.15) is 0 Å². The smallest absolute Gasteiger partial charge is 0.0591 e. The number of nitrogens with one attached hydrogen (secondary N) is 3. The molecule has 0 radical (unpaired) electrons. The second kappa shape index (κ2) is 15.0. The molecule has 0 aromatic heterocycles. The van der Waals surface area contributed by atoms with Crippen molar-refractivity contribution in [1.82, 2.24) is 20.9 Å². The van der Waals surface area contributed by atoms with Gasteiger partial charge in [-0.25, -0.2) is 0 Å². The lowest BCUT2D eigenvalue weighted by Gasteiger charge is -2.25. The molecule has 0 atom stereocenters. The molecule has 3 rings (SSSR count). The Balaban J connectivity index is 0.000000163. The third-order valence-corrected chi connectivity index (χ3v) is 4.30. The predicted octanol–water partition coefficient (Wildman–Crippen LogP) is -1.19. The van der Waals surface area contributed by atoms with Crippen molar-refractivity contribution < 1.29 is 9.84 Å². The molecule has 0 aliphatic carbocycles. The van der Waals surface area contributed by atoms with Gasteiger partial charge in [-0.2, -0.15) is 11.8 Å². The molecular weight excluding hydrogens is 288 g/mol. The monoisotopic (exact) mass is 320 g/mol. The lowest BCUT2D eigenvalue weighted by atomic mass is 10.4. The van der Waals surface area contributed by atoms with Crippen LogP contribution < -0.4 is 16.0 Å². The van der Waals surface area contributed by atoms with Gasteiger partial charge in [0.05, 0.1) is 19.8 Å². The zero-order valence-electron chi connectivity index (χ0n) is 13.1. The molecule has 0 unspecified atom stereocenters. The number of piperazine rings is 1. The van der Waals surface area contributed by atoms with Gasteiger partial charge in [-0.05, 0) is 0 Å². The molecule has 0 spiro atoms. The minimum absolute atomic E-state index is 0.292. The van der Waals surface area contributed by atoms with E-state index in [0.29, 0.717) is 6.61 Å². The maximum Gasteiger partial charge on any atom is 0.0591 e. The Morgan fingerprint density at radius 2 is 1.43 bits per heavy atom. The highest BCUT2D eigenvalue weighted by atomic mass is 32.2. The Bertz CT molecular complexity index is 173. The van der Waals surface area contributed by atoms with Crippen molar-refractivity contribution in [3.8, 4) is 0 Å². The van der Waals surface area contributed by atoms with Gasteiger partial charge in [-0.15, -0.1) is 0 Å². The van der Waals surface area contributed by atoms with Crippen molar-refractivity contribution in [2.75, 3.05) is 90.2 Å². The van der Waals surface area contributed by atoms with Crippen LogP contribution in [0.3, 0.4) is 0 Å². The lowest BCUT2D eigenvalue weighted by Crippen LogP contribution is -2.44. The van der Waals surface area contributed by atoms with Crippen molar-refractivity contribution in [2.45, 2.75) is 0 Å². The van der Waals surface area contributed by atoms with E-state index in [1.54, 1.807) is 0 Å². The SMILES string of the molecule is C1COCCN1.C1CSCCN1.OCCN1CCNCC1. The highest BCUT2D eigenvalue weighted by Gasteiger charge is 2.06. The van der Waals surface area contributed by atoms with E-state index in [1.807, 2.05) is 11.8 Å². The summed E-state index contributed by atoms with van der Waals surface area (Å²) in [6.45, 7) is 11.7. The molecule has 6 nitrogen and oxygen atoms in total. The van der Waals surface area contributed by atoms with Crippen LogP contribution in [0.25, 0.3) is 0 Å². The second-order valence-corrected chi connectivity index (χ2v) is 6.26. The molecule has 3 saturated heterocycles. The van der Waals surface area contributed by atoms with E-state index in [4.69, 9.17) is 9.84 Å². The van der Waals surface area contributed by atoms with Crippen molar-refractivity contribution >= 4 is 11.8 Å². The van der Waals surface area contributed by atoms with E-state index in [-0.39, 0.29) is 0 Å². The summed E-state index contributed by atoms with van der Waals surface area (Å²) >= 11 is 2.03. The van der Waals surface area contributed by atoms with E-state index >= 15 is 0 Å². The highest BCUT2D eigenvalue weighted by molar-refractivity contribution is 7.99. The molecular formula is C14H32N4O2S. The first-order chi connectivity index (χ1) is 10.4. The number of ether oxygens (including phenoxy) is 1. The number of morpholine rings is 1. The van der Waals surface area contributed by atoms with Gasteiger partial charge >= 0.3 is 0 Å². The van der Waals surface area contributed by atoms with Gasteiger partial charge in [0.2, 0.25) is 0 Å². The summed E-state index contributed by atoms with van der Waals surface area (Å²) in [6.07, 6.45) is 0. The Kier molecular flexibility index (Phi) is 13.7. The minimum atomic E-state index is 0.292. The molecule has 0 bridgehead atoms. The Labute approximate surface area is 133 Å². The Morgan fingerprint density at radius 3 is 1.76 bits per heavy atom. The number of hydrogen-bond acceptors (Lipinski definition) is 7. The third kappa shape index (κ3) is 12.3. The number of nitrogens with zero attached hydrogens (tertiary/aromatic N) is 1. The van der Waals surface area contributed by atoms with Crippen LogP contribution >= 0.6 is 11.8 Å². The van der Waals surface area contributed by atoms with Crippen LogP contribution in [-0.2, 0) is 4.74 Å². The number of rotatable bonds is 2. The first kappa shape index (κ1) is 19.2. The average molecular weight is 321 g/mol. The molecule has 0 amide bonds.